The molecule has 1 aromatic rings. The first-order chi connectivity index (χ1) is 24.0. The van der Waals surface area contributed by atoms with Crippen molar-refractivity contribution in [2.45, 2.75) is 135 Å². The molecule has 0 radical (unpaired) electrons. The standard InChI is InChI=1S/C41H61N3O7/c1-11-14-20-31(46)42-27(5)34(28-18-16-15-17-19-28)50-38(49)32-30-21-22-41(51-30)33(32)36(47)44(29(24-45)26(4)13-3)35(41)37(48)43(23-12-2)40(9,10)25-39(6,7)8/h11-12,15-19,26-27,29-30,32-35,45H,1-2,13-14,20-25H2,3-10H3,(H,42,46)/t26-,27+,29-,30+,32-,33-,34+,35+,41-/m0/s1. The molecule has 2 bridgehead atoms. The van der Waals surface area contributed by atoms with E-state index < -0.39 is 59.3 Å². The van der Waals surface area contributed by atoms with Crippen LogP contribution in [0.15, 0.2) is 55.6 Å². The molecule has 0 aliphatic carbocycles. The number of ether oxygens (including phenoxy) is 2. The molecule has 3 fully saturated rings. The predicted molar refractivity (Wildman–Crippen MR) is 197 cm³/mol. The number of likely N-dealkylation sites (tertiary alicyclic amines) is 1. The molecule has 10 heteroatoms. The molecule has 3 saturated heterocycles. The highest BCUT2D eigenvalue weighted by molar-refractivity contribution is 5.98. The molecule has 3 aliphatic rings. The van der Waals surface area contributed by atoms with Gasteiger partial charge in [-0.3, -0.25) is 19.2 Å². The summed E-state index contributed by atoms with van der Waals surface area (Å²) in [5, 5.41) is 13.8. The number of esters is 1. The van der Waals surface area contributed by atoms with E-state index in [0.717, 1.165) is 0 Å². The zero-order chi connectivity index (χ0) is 37.9. The maximum Gasteiger partial charge on any atom is 0.313 e. The molecule has 1 spiro atoms. The Morgan fingerprint density at radius 3 is 2.37 bits per heavy atom. The van der Waals surface area contributed by atoms with E-state index in [1.165, 1.54) is 0 Å². The highest BCUT2D eigenvalue weighted by Crippen LogP contribution is 2.60. The van der Waals surface area contributed by atoms with Crippen LogP contribution in [0.2, 0.25) is 0 Å². The summed E-state index contributed by atoms with van der Waals surface area (Å²) in [5.41, 5.74) is -1.28. The molecule has 0 unspecified atom stereocenters. The summed E-state index contributed by atoms with van der Waals surface area (Å²) >= 11 is 0. The van der Waals surface area contributed by atoms with Crippen molar-refractivity contribution in [3.8, 4) is 0 Å². The van der Waals surface area contributed by atoms with Crippen LogP contribution in [0.25, 0.3) is 0 Å². The van der Waals surface area contributed by atoms with Gasteiger partial charge in [0.1, 0.15) is 17.7 Å². The van der Waals surface area contributed by atoms with Crippen molar-refractivity contribution in [1.29, 1.82) is 0 Å². The minimum absolute atomic E-state index is 0.103. The van der Waals surface area contributed by atoms with Gasteiger partial charge in [0.05, 0.1) is 36.6 Å². The van der Waals surface area contributed by atoms with Gasteiger partial charge in [-0.05, 0) is 63.4 Å². The van der Waals surface area contributed by atoms with E-state index in [2.05, 4.69) is 39.2 Å². The lowest BCUT2D eigenvalue weighted by Gasteiger charge is -2.47. The van der Waals surface area contributed by atoms with Crippen molar-refractivity contribution in [2.24, 2.45) is 23.2 Å². The minimum Gasteiger partial charge on any atom is -0.455 e. The van der Waals surface area contributed by atoms with Gasteiger partial charge >= 0.3 is 5.97 Å². The van der Waals surface area contributed by atoms with Crippen molar-refractivity contribution in [3.05, 3.63) is 61.2 Å². The number of carbonyl (C=O) groups excluding carboxylic acids is 4. The average Bonchev–Trinajstić information content (AvgIpc) is 3.71. The number of carbonyl (C=O) groups is 4. The average molecular weight is 708 g/mol. The molecule has 0 aromatic heterocycles. The summed E-state index contributed by atoms with van der Waals surface area (Å²) in [5.74, 6) is -3.50. The molecule has 10 nitrogen and oxygen atoms in total. The van der Waals surface area contributed by atoms with Gasteiger partial charge in [-0.25, -0.2) is 0 Å². The highest BCUT2D eigenvalue weighted by Gasteiger charge is 2.76. The van der Waals surface area contributed by atoms with E-state index in [1.807, 2.05) is 58.0 Å². The van der Waals surface area contributed by atoms with Gasteiger partial charge in [0.2, 0.25) is 17.7 Å². The lowest BCUT2D eigenvalue weighted by molar-refractivity contribution is -0.163. The Hall–Kier alpha value is -3.50. The number of aliphatic hydroxyl groups excluding tert-OH is 1. The number of amides is 3. The van der Waals surface area contributed by atoms with Crippen LogP contribution in [0, 0.1) is 23.2 Å². The summed E-state index contributed by atoms with van der Waals surface area (Å²) in [6.45, 7) is 23.8. The summed E-state index contributed by atoms with van der Waals surface area (Å²) < 4.78 is 13.1. The number of rotatable bonds is 17. The molecule has 2 N–H and O–H groups in total. The zero-order valence-electron chi connectivity index (χ0n) is 32.0. The first kappa shape index (κ1) is 40.3. The summed E-state index contributed by atoms with van der Waals surface area (Å²) in [4.78, 5) is 60.6. The number of aliphatic hydroxyl groups is 1. The molecule has 0 saturated carbocycles. The number of hydrogen-bond donors (Lipinski definition) is 2. The molecule has 9 atom stereocenters. The van der Waals surface area contributed by atoms with Gasteiger partial charge in [-0.1, -0.05) is 83.5 Å². The summed E-state index contributed by atoms with van der Waals surface area (Å²) in [6, 6.07) is 6.94. The molecular formula is C41H61N3O7. The Labute approximate surface area is 305 Å². The fraction of sp³-hybridized carbons (Fsp3) is 0.659. The highest BCUT2D eigenvalue weighted by atomic mass is 16.6. The van der Waals surface area contributed by atoms with E-state index in [-0.39, 0.29) is 48.6 Å². The van der Waals surface area contributed by atoms with Gasteiger partial charge in [0.15, 0.2) is 0 Å². The number of nitrogens with zero attached hydrogens (tertiary/aromatic N) is 2. The van der Waals surface area contributed by atoms with E-state index >= 15 is 4.79 Å². The maximum atomic E-state index is 15.1. The van der Waals surface area contributed by atoms with Crippen molar-refractivity contribution in [1.82, 2.24) is 15.1 Å². The van der Waals surface area contributed by atoms with Crippen LogP contribution in [0.4, 0.5) is 0 Å². The van der Waals surface area contributed by atoms with Crippen molar-refractivity contribution in [2.75, 3.05) is 13.2 Å². The third-order valence-electron chi connectivity index (χ3n) is 11.2. The number of nitrogens with one attached hydrogen (secondary N) is 1. The summed E-state index contributed by atoms with van der Waals surface area (Å²) in [7, 11) is 0. The number of fused-ring (bicyclic) bond motifs is 1. The Morgan fingerprint density at radius 2 is 1.80 bits per heavy atom. The summed E-state index contributed by atoms with van der Waals surface area (Å²) in [6.07, 6.45) is 4.94. The Balaban J connectivity index is 1.76. The second kappa shape index (κ2) is 16.0. The minimum atomic E-state index is -1.27. The largest absolute Gasteiger partial charge is 0.455 e. The van der Waals surface area contributed by atoms with Crippen LogP contribution in [-0.4, -0.2) is 87.1 Å². The molecule has 282 valence electrons. The Kier molecular flexibility index (Phi) is 12.7. The van der Waals surface area contributed by atoms with Crippen LogP contribution in [0.1, 0.15) is 106 Å². The van der Waals surface area contributed by atoms with E-state index in [0.29, 0.717) is 37.7 Å². The van der Waals surface area contributed by atoms with Crippen LogP contribution in [0.3, 0.4) is 0 Å². The first-order valence-electron chi connectivity index (χ1n) is 18.7. The van der Waals surface area contributed by atoms with E-state index in [9.17, 15) is 19.5 Å². The van der Waals surface area contributed by atoms with Crippen LogP contribution in [-0.2, 0) is 28.7 Å². The van der Waals surface area contributed by atoms with Crippen molar-refractivity contribution >= 4 is 23.7 Å². The van der Waals surface area contributed by atoms with Gasteiger partial charge in [-0.2, -0.15) is 0 Å². The van der Waals surface area contributed by atoms with Crippen molar-refractivity contribution in [3.63, 3.8) is 0 Å². The predicted octanol–water partition coefficient (Wildman–Crippen LogP) is 5.75. The van der Waals surface area contributed by atoms with E-state index in [4.69, 9.17) is 9.47 Å². The first-order valence-corrected chi connectivity index (χ1v) is 18.7. The molecule has 4 rings (SSSR count). The number of benzene rings is 1. The monoisotopic (exact) mass is 707 g/mol. The van der Waals surface area contributed by atoms with Crippen LogP contribution < -0.4 is 5.32 Å². The SMILES string of the molecule is C=CCCC(=O)N[C@H](C)[C@@H](OC(=O)[C@@H]1[C@H]2C(=O)N([C@@H](CO)[C@@H](C)CC)[C@H](C(=O)N(CC=C)C(C)(C)CC(C)(C)C)[C@]23CC[C@H]1O3)c1ccccc1. The molecule has 51 heavy (non-hydrogen) atoms. The number of hydrogen-bond acceptors (Lipinski definition) is 7. The maximum absolute atomic E-state index is 15.1. The van der Waals surface area contributed by atoms with Gasteiger partial charge in [0, 0.05) is 18.5 Å². The van der Waals surface area contributed by atoms with Gasteiger partial charge < -0.3 is 29.7 Å². The normalized spacial score (nSPS) is 26.5. The topological polar surface area (TPSA) is 125 Å². The molecule has 3 heterocycles. The van der Waals surface area contributed by atoms with Gasteiger partial charge in [0.25, 0.3) is 0 Å². The van der Waals surface area contributed by atoms with Crippen molar-refractivity contribution < 1.29 is 33.8 Å². The lowest BCUT2D eigenvalue weighted by Crippen LogP contribution is -2.63. The lowest BCUT2D eigenvalue weighted by atomic mass is 9.70. The molecule has 3 aliphatic heterocycles. The Morgan fingerprint density at radius 1 is 1.14 bits per heavy atom. The Bertz CT molecular complexity index is 1440. The second-order valence-electron chi connectivity index (χ2n) is 16.7. The fourth-order valence-electron chi connectivity index (χ4n) is 9.06. The van der Waals surface area contributed by atoms with Crippen LogP contribution in [0.5, 0.6) is 0 Å². The quantitative estimate of drug-likeness (QED) is 0.156. The molecular weight excluding hydrogens is 646 g/mol. The number of allylic oxidation sites excluding steroid dienone is 1. The van der Waals surface area contributed by atoms with Crippen LogP contribution >= 0.6 is 0 Å². The smallest absolute Gasteiger partial charge is 0.313 e. The molecule has 3 amide bonds. The zero-order valence-corrected chi connectivity index (χ0v) is 32.0. The third kappa shape index (κ3) is 8.12. The third-order valence-corrected chi connectivity index (χ3v) is 11.2. The second-order valence-corrected chi connectivity index (χ2v) is 16.7. The van der Waals surface area contributed by atoms with E-state index in [1.54, 1.807) is 28.9 Å². The fourth-order valence-corrected chi connectivity index (χ4v) is 9.06. The van der Waals surface area contributed by atoms with Gasteiger partial charge in [-0.15, -0.1) is 13.2 Å². The molecule has 1 aromatic carbocycles.